The first-order chi connectivity index (χ1) is 13.0. The standard InChI is InChI=1S/C21H15F2N3O/c1-13-2-9-20-25-19(12-26(20)11-13)14-3-6-16(7-4-14)24-21(27)15-5-8-17(22)18(23)10-15/h2-12H,1H3,(H,24,27). The fourth-order valence-corrected chi connectivity index (χ4v) is 2.81. The monoisotopic (exact) mass is 363 g/mol. The Balaban J connectivity index is 1.54. The number of aryl methyl sites for hydroxylation is 1. The van der Waals surface area contributed by atoms with Crippen LogP contribution >= 0.6 is 0 Å². The zero-order valence-electron chi connectivity index (χ0n) is 14.4. The predicted molar refractivity (Wildman–Crippen MR) is 99.7 cm³/mol. The summed E-state index contributed by atoms with van der Waals surface area (Å²) in [6.07, 6.45) is 3.94. The number of hydrogen-bond donors (Lipinski definition) is 1. The summed E-state index contributed by atoms with van der Waals surface area (Å²) < 4.78 is 28.2. The highest BCUT2D eigenvalue weighted by molar-refractivity contribution is 6.04. The second-order valence-corrected chi connectivity index (χ2v) is 6.26. The van der Waals surface area contributed by atoms with Crippen LogP contribution in [0.2, 0.25) is 0 Å². The Morgan fingerprint density at radius 2 is 1.74 bits per heavy atom. The fourth-order valence-electron chi connectivity index (χ4n) is 2.81. The van der Waals surface area contributed by atoms with Gasteiger partial charge in [-0.3, -0.25) is 4.79 Å². The number of halogens is 2. The van der Waals surface area contributed by atoms with Gasteiger partial charge in [0, 0.05) is 29.2 Å². The minimum absolute atomic E-state index is 0.0497. The molecular weight excluding hydrogens is 348 g/mol. The number of benzene rings is 2. The van der Waals surface area contributed by atoms with E-state index in [2.05, 4.69) is 10.3 Å². The third-order valence-corrected chi connectivity index (χ3v) is 4.22. The van der Waals surface area contributed by atoms with Crippen LogP contribution in [-0.4, -0.2) is 15.3 Å². The summed E-state index contributed by atoms with van der Waals surface area (Å²) in [4.78, 5) is 16.7. The van der Waals surface area contributed by atoms with E-state index >= 15 is 0 Å². The molecule has 0 saturated heterocycles. The van der Waals surface area contributed by atoms with Crippen molar-refractivity contribution in [1.29, 1.82) is 0 Å². The molecule has 4 nitrogen and oxygen atoms in total. The van der Waals surface area contributed by atoms with E-state index in [1.54, 1.807) is 12.1 Å². The van der Waals surface area contributed by atoms with Crippen molar-refractivity contribution in [2.24, 2.45) is 0 Å². The zero-order chi connectivity index (χ0) is 19.0. The second kappa shape index (κ2) is 6.64. The lowest BCUT2D eigenvalue weighted by molar-refractivity contribution is 0.102. The summed E-state index contributed by atoms with van der Waals surface area (Å²) in [5.41, 5.74) is 4.32. The number of carbonyl (C=O) groups is 1. The third kappa shape index (κ3) is 3.42. The molecule has 2 aromatic heterocycles. The largest absolute Gasteiger partial charge is 0.322 e. The number of hydrogen-bond acceptors (Lipinski definition) is 2. The number of rotatable bonds is 3. The molecule has 0 saturated carbocycles. The molecule has 0 atom stereocenters. The second-order valence-electron chi connectivity index (χ2n) is 6.26. The van der Waals surface area contributed by atoms with Gasteiger partial charge in [0.2, 0.25) is 0 Å². The van der Waals surface area contributed by atoms with E-state index < -0.39 is 17.5 Å². The van der Waals surface area contributed by atoms with Crippen LogP contribution in [0.1, 0.15) is 15.9 Å². The molecule has 0 radical (unpaired) electrons. The van der Waals surface area contributed by atoms with Gasteiger partial charge in [-0.15, -0.1) is 0 Å². The predicted octanol–water partition coefficient (Wildman–Crippen LogP) is 4.84. The van der Waals surface area contributed by atoms with Crippen LogP contribution in [-0.2, 0) is 0 Å². The topological polar surface area (TPSA) is 46.4 Å². The van der Waals surface area contributed by atoms with Gasteiger partial charge >= 0.3 is 0 Å². The molecule has 4 aromatic rings. The van der Waals surface area contributed by atoms with Crippen molar-refractivity contribution in [2.75, 3.05) is 5.32 Å². The highest BCUT2D eigenvalue weighted by atomic mass is 19.2. The molecule has 1 amide bonds. The molecule has 1 N–H and O–H groups in total. The number of anilines is 1. The molecule has 0 aliphatic carbocycles. The Bertz CT molecular complexity index is 1150. The van der Waals surface area contributed by atoms with Gasteiger partial charge in [0.1, 0.15) is 5.65 Å². The molecule has 0 spiro atoms. The van der Waals surface area contributed by atoms with E-state index in [1.165, 1.54) is 6.07 Å². The summed E-state index contributed by atoms with van der Waals surface area (Å²) in [6.45, 7) is 2.02. The molecule has 2 heterocycles. The molecule has 0 bridgehead atoms. The average Bonchev–Trinajstić information content (AvgIpc) is 3.07. The number of nitrogens with one attached hydrogen (secondary N) is 1. The van der Waals surface area contributed by atoms with E-state index in [4.69, 9.17) is 0 Å². The smallest absolute Gasteiger partial charge is 0.255 e. The van der Waals surface area contributed by atoms with Crippen LogP contribution < -0.4 is 5.32 Å². The van der Waals surface area contributed by atoms with E-state index in [0.717, 1.165) is 34.6 Å². The Morgan fingerprint density at radius 3 is 2.48 bits per heavy atom. The highest BCUT2D eigenvalue weighted by Crippen LogP contribution is 2.22. The van der Waals surface area contributed by atoms with Gasteiger partial charge in [-0.2, -0.15) is 0 Å². The number of nitrogens with zero attached hydrogens (tertiary/aromatic N) is 2. The number of imidazole rings is 1. The van der Waals surface area contributed by atoms with Crippen LogP contribution in [0, 0.1) is 18.6 Å². The maximum atomic E-state index is 13.3. The Labute approximate surface area is 154 Å². The van der Waals surface area contributed by atoms with Crippen LogP contribution in [0.3, 0.4) is 0 Å². The molecule has 4 rings (SSSR count). The maximum absolute atomic E-state index is 13.3. The summed E-state index contributed by atoms with van der Waals surface area (Å²) >= 11 is 0. The summed E-state index contributed by atoms with van der Waals surface area (Å²) in [6, 6.07) is 14.2. The fraction of sp³-hybridized carbons (Fsp3) is 0.0476. The van der Waals surface area contributed by atoms with Gasteiger partial charge < -0.3 is 9.72 Å². The van der Waals surface area contributed by atoms with Crippen LogP contribution in [0.5, 0.6) is 0 Å². The number of aromatic nitrogens is 2. The van der Waals surface area contributed by atoms with Crippen LogP contribution in [0.15, 0.2) is 67.0 Å². The Morgan fingerprint density at radius 1 is 0.963 bits per heavy atom. The molecular formula is C21H15F2N3O. The van der Waals surface area contributed by atoms with Crippen molar-refractivity contribution in [1.82, 2.24) is 9.38 Å². The number of amides is 1. The number of fused-ring (bicyclic) bond motifs is 1. The maximum Gasteiger partial charge on any atom is 0.255 e. The lowest BCUT2D eigenvalue weighted by atomic mass is 10.1. The zero-order valence-corrected chi connectivity index (χ0v) is 14.4. The van der Waals surface area contributed by atoms with Crippen molar-refractivity contribution < 1.29 is 13.6 Å². The van der Waals surface area contributed by atoms with Crippen molar-refractivity contribution in [3.05, 3.63) is 89.8 Å². The van der Waals surface area contributed by atoms with E-state index in [0.29, 0.717) is 5.69 Å². The van der Waals surface area contributed by atoms with Crippen molar-refractivity contribution in [3.63, 3.8) is 0 Å². The molecule has 6 heteroatoms. The minimum Gasteiger partial charge on any atom is -0.322 e. The average molecular weight is 363 g/mol. The van der Waals surface area contributed by atoms with Crippen LogP contribution in [0.25, 0.3) is 16.9 Å². The SMILES string of the molecule is Cc1ccc2nc(-c3ccc(NC(=O)c4ccc(F)c(F)c4)cc3)cn2c1. The van der Waals surface area contributed by atoms with Crippen molar-refractivity contribution in [2.45, 2.75) is 6.92 Å². The van der Waals surface area contributed by atoms with Gasteiger partial charge in [-0.25, -0.2) is 13.8 Å². The molecule has 0 fully saturated rings. The van der Waals surface area contributed by atoms with Gasteiger partial charge in [0.15, 0.2) is 11.6 Å². The van der Waals surface area contributed by atoms with Gasteiger partial charge in [-0.1, -0.05) is 18.2 Å². The molecule has 134 valence electrons. The Hall–Kier alpha value is -3.54. The van der Waals surface area contributed by atoms with Gasteiger partial charge in [-0.05, 0) is 48.9 Å². The number of carbonyl (C=O) groups excluding carboxylic acids is 1. The highest BCUT2D eigenvalue weighted by Gasteiger charge is 2.10. The van der Waals surface area contributed by atoms with E-state index in [9.17, 15) is 13.6 Å². The molecule has 0 unspecified atom stereocenters. The summed E-state index contributed by atoms with van der Waals surface area (Å²) in [5.74, 6) is -2.55. The third-order valence-electron chi connectivity index (χ3n) is 4.22. The lowest BCUT2D eigenvalue weighted by Crippen LogP contribution is -2.12. The first-order valence-electron chi connectivity index (χ1n) is 8.32. The number of pyridine rings is 1. The van der Waals surface area contributed by atoms with Crippen molar-refractivity contribution in [3.8, 4) is 11.3 Å². The molecule has 2 aromatic carbocycles. The minimum atomic E-state index is -1.06. The first-order valence-corrected chi connectivity index (χ1v) is 8.32. The van der Waals surface area contributed by atoms with Gasteiger partial charge in [0.05, 0.1) is 5.69 Å². The summed E-state index contributed by atoms with van der Waals surface area (Å²) in [5, 5.41) is 2.66. The molecule has 0 aliphatic heterocycles. The first kappa shape index (κ1) is 16.9. The van der Waals surface area contributed by atoms with Crippen LogP contribution in [0.4, 0.5) is 14.5 Å². The summed E-state index contributed by atoms with van der Waals surface area (Å²) in [7, 11) is 0. The lowest BCUT2D eigenvalue weighted by Gasteiger charge is -2.06. The van der Waals surface area contributed by atoms with E-state index in [1.807, 2.05) is 48.0 Å². The normalized spacial score (nSPS) is 10.9. The molecule has 27 heavy (non-hydrogen) atoms. The van der Waals surface area contributed by atoms with Gasteiger partial charge in [0.25, 0.3) is 5.91 Å². The Kier molecular flexibility index (Phi) is 4.16. The van der Waals surface area contributed by atoms with Crippen molar-refractivity contribution >= 4 is 17.2 Å². The van der Waals surface area contributed by atoms with E-state index in [-0.39, 0.29) is 5.56 Å². The quantitative estimate of drug-likeness (QED) is 0.566. The molecule has 0 aliphatic rings.